The van der Waals surface area contributed by atoms with Gasteiger partial charge in [0.15, 0.2) is 34.5 Å². The van der Waals surface area contributed by atoms with Crippen molar-refractivity contribution in [2.24, 2.45) is 11.8 Å². The molecule has 14 heteroatoms. The Kier molecular flexibility index (Phi) is 17.9. The summed E-state index contributed by atoms with van der Waals surface area (Å²) in [5.41, 5.74) is 7.82. The van der Waals surface area contributed by atoms with Gasteiger partial charge in [-0.05, 0) is 132 Å². The number of carbonyl (C=O) groups is 1. The molecule has 0 radical (unpaired) electrons. The largest absolute Gasteiger partial charge is 0.541 e. The number of benzene rings is 4. The Morgan fingerprint density at radius 1 is 0.514 bits per heavy atom. The second-order valence-corrected chi connectivity index (χ2v) is 30.2. The number of carbonyl (C=O) groups excluding carboxylic acids is 1. The fraction of sp³-hybridized carbons (Fsp3) is 0.482. The Morgan fingerprint density at radius 3 is 1.24 bits per heavy atom. The van der Waals surface area contributed by atoms with Crippen LogP contribution in [-0.4, -0.2) is 91.5 Å². The first-order chi connectivity index (χ1) is 33.0. The van der Waals surface area contributed by atoms with Gasteiger partial charge in [0.1, 0.15) is 17.8 Å². The molecule has 12 nitrogen and oxygen atoms in total. The molecule has 70 heavy (non-hydrogen) atoms. The van der Waals surface area contributed by atoms with E-state index in [0.717, 1.165) is 69.4 Å². The Labute approximate surface area is 419 Å². The molecule has 0 saturated heterocycles. The molecule has 0 unspecified atom stereocenters. The van der Waals surface area contributed by atoms with Crippen LogP contribution >= 0.6 is 0 Å². The van der Waals surface area contributed by atoms with Crippen LogP contribution in [0.3, 0.4) is 0 Å². The zero-order valence-electron chi connectivity index (χ0n) is 45.0. The van der Waals surface area contributed by atoms with Crippen LogP contribution in [0.15, 0.2) is 60.7 Å². The first-order valence-electron chi connectivity index (χ1n) is 23.9. The van der Waals surface area contributed by atoms with Crippen LogP contribution in [0.5, 0.6) is 57.5 Å². The quantitative estimate of drug-likeness (QED) is 0.0847. The number of rotatable bonds is 16. The lowest BCUT2D eigenvalue weighted by molar-refractivity contribution is -0.110. The smallest absolute Gasteiger partial charge is 0.250 e. The molecule has 6 rings (SSSR count). The third kappa shape index (κ3) is 11.6. The van der Waals surface area contributed by atoms with Crippen molar-refractivity contribution in [3.8, 4) is 57.5 Å². The first-order valence-corrected chi connectivity index (χ1v) is 29.7. The summed E-state index contributed by atoms with van der Waals surface area (Å²) in [5.74, 6) is 6.20. The van der Waals surface area contributed by atoms with Crippen molar-refractivity contribution in [3.05, 3.63) is 94.1 Å². The number of ether oxygens (including phenoxy) is 8. The topological polar surface area (TPSA) is 130 Å². The minimum absolute atomic E-state index is 0.00552. The van der Waals surface area contributed by atoms with Crippen LogP contribution in [0.25, 0.3) is 11.1 Å². The number of fused-ring (bicyclic) bond motifs is 2. The van der Waals surface area contributed by atoms with Crippen molar-refractivity contribution in [1.82, 2.24) is 0 Å². The summed E-state index contributed by atoms with van der Waals surface area (Å²) in [6.45, 7) is 22.2. The van der Waals surface area contributed by atoms with Crippen LogP contribution in [0.2, 0.25) is 36.3 Å². The number of methoxy groups -OCH3 is 8. The molecule has 2 atom stereocenters. The van der Waals surface area contributed by atoms with Crippen molar-refractivity contribution in [2.75, 3.05) is 63.5 Å². The summed E-state index contributed by atoms with van der Waals surface area (Å²) < 4.78 is 58.9. The van der Waals surface area contributed by atoms with E-state index in [1.807, 2.05) is 48.5 Å². The monoisotopic (exact) mass is 999 g/mol. The van der Waals surface area contributed by atoms with Gasteiger partial charge in [0.25, 0.3) is 16.6 Å². The fourth-order valence-electron chi connectivity index (χ4n) is 8.30. The third-order valence-corrected chi connectivity index (χ3v) is 23.1. The molecule has 0 fully saturated rings. The van der Waals surface area contributed by atoms with Crippen LogP contribution in [0.4, 0.5) is 0 Å². The minimum Gasteiger partial charge on any atom is -0.541 e. The summed E-state index contributed by atoms with van der Waals surface area (Å²) >= 11 is 0. The van der Waals surface area contributed by atoms with Crippen molar-refractivity contribution in [3.63, 3.8) is 0 Å². The lowest BCUT2D eigenvalue weighted by Gasteiger charge is -2.37. The second-order valence-electron chi connectivity index (χ2n) is 20.8. The molecule has 4 aromatic carbocycles. The molecular weight excluding hydrogens is 921 g/mol. The number of aliphatic hydroxyl groups is 1. The van der Waals surface area contributed by atoms with Crippen LogP contribution in [0.1, 0.15) is 87.8 Å². The zero-order chi connectivity index (χ0) is 51.9. The van der Waals surface area contributed by atoms with E-state index in [0.29, 0.717) is 64.6 Å². The zero-order valence-corrected chi connectivity index (χ0v) is 47.0. The number of aliphatic hydroxyl groups excluding tert-OH is 1. The summed E-state index contributed by atoms with van der Waals surface area (Å²) in [6, 6.07) is 16.0. The number of aldehydes is 1. The molecule has 0 amide bonds. The molecule has 0 saturated carbocycles. The van der Waals surface area contributed by atoms with Gasteiger partial charge in [0, 0.05) is 29.6 Å². The molecule has 0 aliphatic heterocycles. The summed E-state index contributed by atoms with van der Waals surface area (Å²) in [6.07, 6.45) is 8.07. The van der Waals surface area contributed by atoms with E-state index in [-0.39, 0.29) is 28.5 Å². The molecule has 0 aromatic heterocycles. The maximum Gasteiger partial charge on any atom is 0.250 e. The van der Waals surface area contributed by atoms with E-state index < -0.39 is 16.6 Å². The third-order valence-electron chi connectivity index (χ3n) is 14.4. The highest BCUT2D eigenvalue weighted by Gasteiger charge is 2.41. The second kappa shape index (κ2) is 22.7. The van der Waals surface area contributed by atoms with E-state index >= 15 is 0 Å². The summed E-state index contributed by atoms with van der Waals surface area (Å²) in [5, 5.41) is 10.2. The van der Waals surface area contributed by atoms with Crippen LogP contribution in [0, 0.1) is 11.8 Å². The highest BCUT2D eigenvalue weighted by Crippen LogP contribution is 2.51. The molecule has 2 aliphatic carbocycles. The summed E-state index contributed by atoms with van der Waals surface area (Å²) in [7, 11) is 8.81. The fourth-order valence-corrected chi connectivity index (χ4v) is 10.3. The van der Waals surface area contributed by atoms with Crippen LogP contribution in [-0.2, 0) is 17.6 Å². The first kappa shape index (κ1) is 55.4. The minimum atomic E-state index is -2.12. The van der Waals surface area contributed by atoms with Gasteiger partial charge in [-0.1, -0.05) is 65.8 Å². The normalized spacial score (nSPS) is 16.0. The van der Waals surface area contributed by atoms with Gasteiger partial charge in [-0.15, -0.1) is 0 Å². The highest BCUT2D eigenvalue weighted by molar-refractivity contribution is 6.75. The molecular formula is C56H78O12Si2. The molecule has 4 aromatic rings. The molecule has 2 aliphatic rings. The molecule has 0 heterocycles. The van der Waals surface area contributed by atoms with Crippen LogP contribution < -0.4 is 46.7 Å². The van der Waals surface area contributed by atoms with Crippen molar-refractivity contribution in [2.45, 2.75) is 103 Å². The standard InChI is InChI=1S/C28H40O6Si.C28H38O6Si/c2*1-28(2,3)35(8,9)34-24-15-19(11-13-23(24)30-4)21-14-18(17-29)10-12-20-22(21)16-25(31-5)27(33-7)26(20)32-6/h11,13-16,18,29H,10,12,17H2,1-9H3;11,13-18H,10,12H2,1-9H3/t2*18-/m11/s1. The van der Waals surface area contributed by atoms with Gasteiger partial charge in [-0.3, -0.25) is 0 Å². The van der Waals surface area contributed by atoms with Crippen molar-refractivity contribution in [1.29, 1.82) is 0 Å². The predicted octanol–water partition coefficient (Wildman–Crippen LogP) is 12.4. The Morgan fingerprint density at radius 2 is 0.900 bits per heavy atom. The van der Waals surface area contributed by atoms with E-state index in [2.05, 4.69) is 79.9 Å². The SMILES string of the molecule is COc1ccc(C2=C[C@H](C=O)CCc3c2cc(OC)c(OC)c3OC)cc1O[Si](C)(C)C(C)(C)C.COc1ccc(C2=C[C@H](CO)CCc3c2cc(OC)c(OC)c3OC)cc1O[Si](C)(C)C(C)(C)C. The van der Waals surface area contributed by atoms with Gasteiger partial charge in [-0.25, -0.2) is 0 Å². The predicted molar refractivity (Wildman–Crippen MR) is 285 cm³/mol. The average Bonchev–Trinajstić information content (AvgIpc) is 3.63. The van der Waals surface area contributed by atoms with Gasteiger partial charge in [-0.2, -0.15) is 0 Å². The van der Waals surface area contributed by atoms with Crippen molar-refractivity contribution < 1.29 is 56.6 Å². The molecule has 0 bridgehead atoms. The maximum absolute atomic E-state index is 11.9. The Balaban J connectivity index is 0.000000261. The van der Waals surface area contributed by atoms with Crippen molar-refractivity contribution >= 4 is 34.1 Å². The van der Waals surface area contributed by atoms with E-state index in [1.54, 1.807) is 56.9 Å². The van der Waals surface area contributed by atoms with Gasteiger partial charge in [0.2, 0.25) is 11.5 Å². The Hall–Kier alpha value is -5.58. The molecule has 1 N–H and O–H groups in total. The summed E-state index contributed by atoms with van der Waals surface area (Å²) in [4.78, 5) is 11.9. The van der Waals surface area contributed by atoms with Gasteiger partial charge in [0.05, 0.1) is 56.9 Å². The average molecular weight is 999 g/mol. The number of allylic oxidation sites excluding steroid dienone is 1. The molecule has 0 spiro atoms. The van der Waals surface area contributed by atoms with E-state index in [1.165, 1.54) is 0 Å². The molecule has 382 valence electrons. The lowest BCUT2D eigenvalue weighted by Crippen LogP contribution is -2.43. The van der Waals surface area contributed by atoms with E-state index in [9.17, 15) is 9.90 Å². The van der Waals surface area contributed by atoms with Gasteiger partial charge >= 0.3 is 0 Å². The number of hydrogen-bond acceptors (Lipinski definition) is 12. The Bertz CT molecular complexity index is 2550. The highest BCUT2D eigenvalue weighted by atomic mass is 28.4. The number of hydrogen-bond donors (Lipinski definition) is 1. The van der Waals surface area contributed by atoms with E-state index in [4.69, 9.17) is 46.7 Å². The van der Waals surface area contributed by atoms with Gasteiger partial charge < -0.3 is 56.6 Å². The lowest BCUT2D eigenvalue weighted by atomic mass is 9.92. The maximum atomic E-state index is 11.9.